The topological polar surface area (TPSA) is 143 Å². The number of aryl methyl sites for hydroxylation is 1. The molecule has 3 aromatic rings. The van der Waals surface area contributed by atoms with Gasteiger partial charge in [-0.1, -0.05) is 36.4 Å². The summed E-state index contributed by atoms with van der Waals surface area (Å²) in [5.41, 5.74) is -0.415. The third-order valence-corrected chi connectivity index (χ3v) is 6.15. The van der Waals surface area contributed by atoms with E-state index in [0.717, 1.165) is 10.8 Å². The highest BCUT2D eigenvalue weighted by Crippen LogP contribution is 2.44. The molecule has 164 valence electrons. The second kappa shape index (κ2) is 8.41. The molecule has 1 aromatic heterocycles. The fourth-order valence-corrected chi connectivity index (χ4v) is 4.43. The van der Waals surface area contributed by atoms with E-state index in [9.17, 15) is 24.2 Å². The van der Waals surface area contributed by atoms with Crippen LogP contribution in [0.5, 0.6) is 0 Å². The molecule has 4 atom stereocenters. The van der Waals surface area contributed by atoms with Crippen molar-refractivity contribution in [2.75, 3.05) is 11.7 Å². The summed E-state index contributed by atoms with van der Waals surface area (Å²) >= 11 is 0. The number of hydrogen-bond acceptors (Lipinski definition) is 6. The highest BCUT2D eigenvalue weighted by Gasteiger charge is 2.37. The molecule has 1 unspecified atom stereocenters. The number of anilines is 1. The number of hydrogen-bond donors (Lipinski definition) is 4. The minimum Gasteiger partial charge on any atom is -0.390 e. The molecule has 0 amide bonds. The Morgan fingerprint density at radius 1 is 1.26 bits per heavy atom. The standard InChI is InChI=1S/C20H22N3O7P/c1-12-10-23(20(26)21-19(12)25)18-9-16(24)17(30-18)11-29-31(27,28)22-15-8-4-6-13-5-2-3-7-14(13)15/h2-8,10,16-18,24H,9,11H2,1H3,(H,21,25,26)(H2,22,27,28)/t16-,17+,18+/m0/s1. The Morgan fingerprint density at radius 3 is 2.81 bits per heavy atom. The molecule has 0 bridgehead atoms. The van der Waals surface area contributed by atoms with Gasteiger partial charge in [-0.05, 0) is 18.4 Å². The quantitative estimate of drug-likeness (QED) is 0.420. The van der Waals surface area contributed by atoms with Gasteiger partial charge in [0.15, 0.2) is 0 Å². The van der Waals surface area contributed by atoms with Crippen LogP contribution in [0, 0.1) is 6.92 Å². The number of H-pyrrole nitrogens is 1. The van der Waals surface area contributed by atoms with Crippen molar-refractivity contribution >= 4 is 24.2 Å². The van der Waals surface area contributed by atoms with E-state index in [1.165, 1.54) is 10.8 Å². The SMILES string of the molecule is Cc1cn([C@H]2C[C@H](O)[C@@H](COP(=O)(O)Nc3cccc4ccccc34)O2)c(=O)[nH]c1=O. The summed E-state index contributed by atoms with van der Waals surface area (Å²) < 4.78 is 24.6. The largest absolute Gasteiger partial charge is 0.430 e. The molecule has 1 fully saturated rings. The van der Waals surface area contributed by atoms with Gasteiger partial charge < -0.3 is 14.7 Å². The average Bonchev–Trinajstić information content (AvgIpc) is 3.10. The Balaban J connectivity index is 1.44. The number of aromatic nitrogens is 2. The van der Waals surface area contributed by atoms with Gasteiger partial charge in [0.2, 0.25) is 0 Å². The molecule has 0 aliphatic carbocycles. The number of aliphatic hydroxyl groups is 1. The molecule has 1 saturated heterocycles. The first-order valence-corrected chi connectivity index (χ1v) is 11.2. The van der Waals surface area contributed by atoms with Crippen LogP contribution < -0.4 is 16.3 Å². The summed E-state index contributed by atoms with van der Waals surface area (Å²) in [6.45, 7) is 1.17. The summed E-state index contributed by atoms with van der Waals surface area (Å²) in [4.78, 5) is 36.0. The van der Waals surface area contributed by atoms with Crippen molar-refractivity contribution in [3.05, 3.63) is 75.1 Å². The molecule has 0 radical (unpaired) electrons. The minimum absolute atomic E-state index is 0.0614. The normalized spacial score (nSPS) is 23.0. The van der Waals surface area contributed by atoms with Crippen LogP contribution in [0.3, 0.4) is 0 Å². The van der Waals surface area contributed by atoms with Crippen molar-refractivity contribution in [2.45, 2.75) is 31.8 Å². The molecule has 0 spiro atoms. The first kappa shape index (κ1) is 21.5. The smallest absolute Gasteiger partial charge is 0.390 e. The maximum Gasteiger partial charge on any atom is 0.430 e. The van der Waals surface area contributed by atoms with Gasteiger partial charge in [-0.25, -0.2) is 9.36 Å². The van der Waals surface area contributed by atoms with Gasteiger partial charge in [-0.15, -0.1) is 0 Å². The van der Waals surface area contributed by atoms with Crippen LogP contribution in [0.1, 0.15) is 18.2 Å². The van der Waals surface area contributed by atoms with E-state index in [1.807, 2.05) is 30.3 Å². The predicted octanol–water partition coefficient (Wildman–Crippen LogP) is 1.88. The molecular formula is C20H22N3O7P. The lowest BCUT2D eigenvalue weighted by Gasteiger charge is -2.20. The molecule has 10 nitrogen and oxygen atoms in total. The third-order valence-electron chi connectivity index (χ3n) is 5.13. The lowest BCUT2D eigenvalue weighted by Crippen LogP contribution is -2.33. The number of nitrogens with one attached hydrogen (secondary N) is 2. The van der Waals surface area contributed by atoms with E-state index in [0.29, 0.717) is 11.3 Å². The average molecular weight is 447 g/mol. The zero-order valence-corrected chi connectivity index (χ0v) is 17.5. The summed E-state index contributed by atoms with van der Waals surface area (Å²) in [5, 5.41) is 14.5. The molecular weight excluding hydrogens is 425 g/mol. The molecule has 4 N–H and O–H groups in total. The second-order valence-corrected chi connectivity index (χ2v) is 8.89. The molecule has 31 heavy (non-hydrogen) atoms. The second-order valence-electron chi connectivity index (χ2n) is 7.37. The molecule has 1 aliphatic rings. The van der Waals surface area contributed by atoms with E-state index in [4.69, 9.17) is 9.26 Å². The summed E-state index contributed by atoms with van der Waals surface area (Å²) in [5.74, 6) is 0. The summed E-state index contributed by atoms with van der Waals surface area (Å²) in [6.07, 6.45) is -1.39. The Morgan fingerprint density at radius 2 is 2.00 bits per heavy atom. The maximum atomic E-state index is 12.6. The minimum atomic E-state index is -4.27. The number of aliphatic hydroxyl groups excluding tert-OH is 1. The van der Waals surface area contributed by atoms with Crippen molar-refractivity contribution in [1.29, 1.82) is 0 Å². The van der Waals surface area contributed by atoms with Gasteiger partial charge in [0, 0.05) is 23.6 Å². The molecule has 2 heterocycles. The van der Waals surface area contributed by atoms with Crippen LogP contribution in [-0.4, -0.2) is 38.4 Å². The third kappa shape index (κ3) is 4.63. The first-order valence-electron chi connectivity index (χ1n) is 9.62. The zero-order valence-electron chi connectivity index (χ0n) is 16.6. The lowest BCUT2D eigenvalue weighted by molar-refractivity contribution is -0.0422. The highest BCUT2D eigenvalue weighted by molar-refractivity contribution is 7.54. The van der Waals surface area contributed by atoms with Gasteiger partial charge in [0.05, 0.1) is 18.4 Å². The van der Waals surface area contributed by atoms with Crippen molar-refractivity contribution in [1.82, 2.24) is 9.55 Å². The highest BCUT2D eigenvalue weighted by atomic mass is 31.2. The molecule has 11 heteroatoms. The van der Waals surface area contributed by atoms with Gasteiger partial charge >= 0.3 is 13.4 Å². The Bertz CT molecular complexity index is 1270. The molecule has 1 aliphatic heterocycles. The van der Waals surface area contributed by atoms with Crippen molar-refractivity contribution in [3.63, 3.8) is 0 Å². The summed E-state index contributed by atoms with van der Waals surface area (Å²) in [7, 11) is -4.27. The van der Waals surface area contributed by atoms with Crippen LogP contribution in [0.15, 0.2) is 58.3 Å². The fourth-order valence-electron chi connectivity index (χ4n) is 3.52. The van der Waals surface area contributed by atoms with Gasteiger partial charge in [0.1, 0.15) is 12.3 Å². The van der Waals surface area contributed by atoms with E-state index in [2.05, 4.69) is 10.1 Å². The first-order chi connectivity index (χ1) is 14.7. The van der Waals surface area contributed by atoms with Gasteiger partial charge in [-0.2, -0.15) is 0 Å². The number of rotatable bonds is 6. The Labute approximate surface area is 176 Å². The molecule has 0 saturated carbocycles. The van der Waals surface area contributed by atoms with Crippen molar-refractivity contribution < 1.29 is 23.8 Å². The van der Waals surface area contributed by atoms with Crippen molar-refractivity contribution in [2.24, 2.45) is 0 Å². The number of benzene rings is 2. The Kier molecular flexibility index (Phi) is 5.83. The fraction of sp³-hybridized carbons (Fsp3) is 0.300. The molecule has 2 aromatic carbocycles. The van der Waals surface area contributed by atoms with Gasteiger partial charge in [0.25, 0.3) is 5.56 Å². The van der Waals surface area contributed by atoms with E-state index < -0.39 is 37.4 Å². The number of ether oxygens (including phenoxy) is 1. The Hall–Kier alpha value is -2.75. The molecule has 4 rings (SSSR count). The lowest BCUT2D eigenvalue weighted by atomic mass is 10.1. The number of nitrogens with zero attached hydrogens (tertiary/aromatic N) is 1. The van der Waals surface area contributed by atoms with E-state index in [-0.39, 0.29) is 13.0 Å². The number of fused-ring (bicyclic) bond motifs is 1. The predicted molar refractivity (Wildman–Crippen MR) is 114 cm³/mol. The van der Waals surface area contributed by atoms with Crippen LogP contribution in [0.4, 0.5) is 5.69 Å². The van der Waals surface area contributed by atoms with Crippen LogP contribution in [-0.2, 0) is 13.8 Å². The monoisotopic (exact) mass is 447 g/mol. The van der Waals surface area contributed by atoms with Crippen LogP contribution in [0.2, 0.25) is 0 Å². The zero-order chi connectivity index (χ0) is 22.2. The van der Waals surface area contributed by atoms with Gasteiger partial charge in [-0.3, -0.25) is 24.0 Å². The summed E-state index contributed by atoms with van der Waals surface area (Å²) in [6, 6.07) is 12.7. The van der Waals surface area contributed by atoms with Crippen LogP contribution >= 0.6 is 7.75 Å². The van der Waals surface area contributed by atoms with Crippen molar-refractivity contribution in [3.8, 4) is 0 Å². The van der Waals surface area contributed by atoms with Crippen LogP contribution in [0.25, 0.3) is 10.8 Å². The maximum absolute atomic E-state index is 12.6. The van der Waals surface area contributed by atoms with E-state index >= 15 is 0 Å². The number of aromatic amines is 1. The van der Waals surface area contributed by atoms with E-state index in [1.54, 1.807) is 19.1 Å².